The molecule has 1 rings (SSSR count). The van der Waals surface area contributed by atoms with Crippen molar-refractivity contribution in [2.45, 2.75) is 3.77 Å². The van der Waals surface area contributed by atoms with Crippen molar-refractivity contribution < 1.29 is 8.42 Å². The van der Waals surface area contributed by atoms with Gasteiger partial charge in [0.05, 0.1) is 0 Å². The summed E-state index contributed by atoms with van der Waals surface area (Å²) in [4.78, 5) is 1.91. The average Bonchev–Trinajstić information content (AvgIpc) is 2.37. The first-order chi connectivity index (χ1) is 5.17. The van der Waals surface area contributed by atoms with Crippen molar-refractivity contribution >= 4 is 40.3 Å². The van der Waals surface area contributed by atoms with Gasteiger partial charge in [0, 0.05) is 0 Å². The summed E-state index contributed by atoms with van der Waals surface area (Å²) in [5.41, 5.74) is 0. The van der Waals surface area contributed by atoms with Crippen molar-refractivity contribution in [1.29, 1.82) is 0 Å². The van der Waals surface area contributed by atoms with Crippen LogP contribution in [0.2, 0.25) is 0 Å². The van der Waals surface area contributed by atoms with Crippen molar-refractivity contribution in [2.75, 3.05) is 11.1 Å². The normalized spacial score (nSPS) is 11.7. The monoisotopic (exact) mass is 302 g/mol. The quantitative estimate of drug-likeness (QED) is 0.614. The minimum absolute atomic E-state index is 0.0427. The average molecular weight is 302 g/mol. The van der Waals surface area contributed by atoms with Crippen molar-refractivity contribution in [3.63, 3.8) is 0 Å². The summed E-state index contributed by atoms with van der Waals surface area (Å²) >= 11 is 3.16. The molecule has 0 aromatic carbocycles. The fraction of sp³-hybridized carbons (Fsp3) is 0.333. The molecule has 0 saturated heterocycles. The number of halogens is 1. The van der Waals surface area contributed by atoms with E-state index < -0.39 is 9.84 Å². The molecule has 0 radical (unpaired) electrons. The van der Waals surface area contributed by atoms with Crippen LogP contribution in [0.4, 0.5) is 0 Å². The molecule has 0 spiro atoms. The summed E-state index contributed by atoms with van der Waals surface area (Å²) in [6.45, 7) is 0. The number of rotatable bonds is 3. The van der Waals surface area contributed by atoms with Gasteiger partial charge in [0.2, 0.25) is 0 Å². The van der Waals surface area contributed by atoms with Gasteiger partial charge in [-0.05, 0) is 0 Å². The van der Waals surface area contributed by atoms with Crippen molar-refractivity contribution in [3.8, 4) is 0 Å². The van der Waals surface area contributed by atoms with Crippen LogP contribution < -0.4 is 0 Å². The Bertz CT molecular complexity index is 303. The topological polar surface area (TPSA) is 34.1 Å². The van der Waals surface area contributed by atoms with E-state index in [0.29, 0.717) is 9.10 Å². The number of alkyl halides is 1. The molecular weight excluding hydrogens is 295 g/mol. The Morgan fingerprint density at radius 3 is 2.73 bits per heavy atom. The fourth-order valence-electron chi connectivity index (χ4n) is 0.643. The zero-order chi connectivity index (χ0) is 8.32. The summed E-state index contributed by atoms with van der Waals surface area (Å²) in [6, 6.07) is 3.50. The van der Waals surface area contributed by atoms with Crippen molar-refractivity contribution in [1.82, 2.24) is 0 Å². The Kier molecular flexibility index (Phi) is 3.37. The summed E-state index contributed by atoms with van der Waals surface area (Å²) in [5, 5.41) is 0.517. The number of hydrogen-bond acceptors (Lipinski definition) is 2. The van der Waals surface area contributed by atoms with Crippen LogP contribution in [-0.4, -0.2) is 34.0 Å². The molecule has 0 N–H and O–H groups in total. The molecule has 0 fully saturated rings. The van der Waals surface area contributed by atoms with Crippen LogP contribution in [0.25, 0.3) is 0 Å². The molecule has 0 aliphatic rings. The molecule has 0 bridgehead atoms. The molecule has 2 nitrogen and oxygen atoms in total. The molecule has 0 atom stereocenters. The molecule has 62 valence electrons. The second kappa shape index (κ2) is 3.90. The first kappa shape index (κ1) is 9.52. The van der Waals surface area contributed by atoms with Gasteiger partial charge in [0.25, 0.3) is 0 Å². The summed E-state index contributed by atoms with van der Waals surface area (Å²) in [5.74, 6) is 0.211. The van der Waals surface area contributed by atoms with E-state index in [1.54, 1.807) is 12.1 Å². The SMILES string of the molecule is O=S(=O)(CCBr)c1ccc[se]1. The van der Waals surface area contributed by atoms with E-state index in [9.17, 15) is 8.42 Å². The van der Waals surface area contributed by atoms with E-state index in [2.05, 4.69) is 15.9 Å². The van der Waals surface area contributed by atoms with Crippen molar-refractivity contribution in [2.24, 2.45) is 0 Å². The van der Waals surface area contributed by atoms with Gasteiger partial charge in [0.1, 0.15) is 0 Å². The molecule has 0 aliphatic heterocycles. The van der Waals surface area contributed by atoms with Crippen LogP contribution >= 0.6 is 15.9 Å². The van der Waals surface area contributed by atoms with Gasteiger partial charge < -0.3 is 0 Å². The van der Waals surface area contributed by atoms with E-state index in [0.717, 1.165) is 0 Å². The Hall–Kier alpha value is 0.429. The molecule has 1 aromatic rings. The Balaban J connectivity index is 2.92. The van der Waals surface area contributed by atoms with Gasteiger partial charge >= 0.3 is 80.6 Å². The molecule has 5 heteroatoms. The van der Waals surface area contributed by atoms with Gasteiger partial charge in [-0.15, -0.1) is 0 Å². The Morgan fingerprint density at radius 1 is 1.55 bits per heavy atom. The third-order valence-electron chi connectivity index (χ3n) is 1.15. The molecule has 0 amide bonds. The molecule has 0 aliphatic carbocycles. The first-order valence-electron chi connectivity index (χ1n) is 2.99. The zero-order valence-corrected chi connectivity index (χ0v) is 9.77. The van der Waals surface area contributed by atoms with E-state index in [-0.39, 0.29) is 20.3 Å². The van der Waals surface area contributed by atoms with Gasteiger partial charge in [-0.3, -0.25) is 0 Å². The predicted octanol–water partition coefficient (Wildman–Crippen LogP) is 0.912. The van der Waals surface area contributed by atoms with Gasteiger partial charge in [-0.1, -0.05) is 0 Å². The van der Waals surface area contributed by atoms with Crippen LogP contribution in [0.5, 0.6) is 0 Å². The Labute approximate surface area is 80.4 Å². The molecular formula is C6H7BrO2SSe. The van der Waals surface area contributed by atoms with Crippen LogP contribution in [0.15, 0.2) is 20.8 Å². The van der Waals surface area contributed by atoms with E-state index >= 15 is 0 Å². The summed E-state index contributed by atoms with van der Waals surface area (Å²) < 4.78 is 23.2. The standard InChI is InChI=1S/C6H7BrO2SSe/c7-3-4-10(8,9)6-2-1-5-11-6/h1-2,5H,3-4H2. The molecule has 1 heterocycles. The van der Waals surface area contributed by atoms with E-state index in [1.807, 2.05) is 4.94 Å². The molecule has 11 heavy (non-hydrogen) atoms. The van der Waals surface area contributed by atoms with E-state index in [1.165, 1.54) is 0 Å². The van der Waals surface area contributed by atoms with Crippen LogP contribution in [0.1, 0.15) is 0 Å². The minimum atomic E-state index is -2.93. The van der Waals surface area contributed by atoms with Gasteiger partial charge in [-0.25, -0.2) is 0 Å². The third kappa shape index (κ3) is 2.44. The second-order valence-electron chi connectivity index (χ2n) is 1.94. The fourth-order valence-corrected chi connectivity index (χ4v) is 5.43. The maximum absolute atomic E-state index is 11.3. The number of sulfone groups is 1. The van der Waals surface area contributed by atoms with Gasteiger partial charge in [0.15, 0.2) is 0 Å². The van der Waals surface area contributed by atoms with Gasteiger partial charge in [-0.2, -0.15) is 0 Å². The maximum atomic E-state index is 11.3. The first-order valence-corrected chi connectivity index (χ1v) is 7.61. The molecule has 0 unspecified atom stereocenters. The van der Waals surface area contributed by atoms with Crippen LogP contribution in [0, 0.1) is 0 Å². The molecule has 0 saturated carbocycles. The second-order valence-corrected chi connectivity index (χ2v) is 7.38. The van der Waals surface area contributed by atoms with Crippen LogP contribution in [-0.2, 0) is 9.84 Å². The zero-order valence-electron chi connectivity index (χ0n) is 5.66. The summed E-state index contributed by atoms with van der Waals surface area (Å²) in [6.07, 6.45) is 0. The van der Waals surface area contributed by atoms with Crippen LogP contribution in [0.3, 0.4) is 0 Å². The van der Waals surface area contributed by atoms with E-state index in [4.69, 9.17) is 0 Å². The molecule has 1 aromatic heterocycles. The Morgan fingerprint density at radius 2 is 2.27 bits per heavy atom. The number of hydrogen-bond donors (Lipinski definition) is 0. The summed E-state index contributed by atoms with van der Waals surface area (Å²) in [7, 11) is -2.93. The third-order valence-corrected chi connectivity index (χ3v) is 7.05. The predicted molar refractivity (Wildman–Crippen MR) is 49.2 cm³/mol. The van der Waals surface area contributed by atoms with Crippen molar-refractivity contribution in [3.05, 3.63) is 17.1 Å².